The fraction of sp³-hybridized carbons (Fsp3) is 0.316. The van der Waals surface area contributed by atoms with E-state index >= 15 is 0 Å². The third-order valence-electron chi connectivity index (χ3n) is 3.85. The summed E-state index contributed by atoms with van der Waals surface area (Å²) in [5, 5.41) is 7.61. The molecule has 2 rings (SSSR count). The van der Waals surface area contributed by atoms with Gasteiger partial charge in [-0.2, -0.15) is 0 Å². The molecule has 0 aliphatic carbocycles. The van der Waals surface area contributed by atoms with Crippen molar-refractivity contribution < 1.29 is 18.8 Å². The average Bonchev–Trinajstić information content (AvgIpc) is 3.18. The van der Waals surface area contributed by atoms with Gasteiger partial charge in [0.05, 0.1) is 19.4 Å². The van der Waals surface area contributed by atoms with Gasteiger partial charge in [-0.1, -0.05) is 30.3 Å². The summed E-state index contributed by atoms with van der Waals surface area (Å²) >= 11 is 0. The molecule has 0 aliphatic rings. The molecule has 1 aromatic carbocycles. The molecule has 0 saturated heterocycles. The predicted molar refractivity (Wildman–Crippen MR) is 99.5 cm³/mol. The van der Waals surface area contributed by atoms with Crippen LogP contribution in [-0.4, -0.2) is 42.4 Å². The molecule has 0 saturated carbocycles. The Hall–Kier alpha value is -3.29. The summed E-state index contributed by atoms with van der Waals surface area (Å²) in [7, 11) is 1.67. The lowest BCUT2D eigenvalue weighted by atomic mass is 10.2. The van der Waals surface area contributed by atoms with Crippen molar-refractivity contribution in [3.05, 3.63) is 60.1 Å². The van der Waals surface area contributed by atoms with Gasteiger partial charge in [0.15, 0.2) is 0 Å². The number of likely N-dealkylation sites (N-methyl/N-ethyl adjacent to an activating group) is 1. The summed E-state index contributed by atoms with van der Waals surface area (Å²) in [5.41, 5.74) is 1.000. The van der Waals surface area contributed by atoms with Gasteiger partial charge >= 0.3 is 6.03 Å². The van der Waals surface area contributed by atoms with E-state index in [1.54, 1.807) is 26.1 Å². The van der Waals surface area contributed by atoms with Gasteiger partial charge in [-0.3, -0.25) is 9.59 Å². The maximum atomic E-state index is 12.1. The normalized spacial score (nSPS) is 11.3. The SMILES string of the molecule is C[C@H](NC(=O)NCC(=O)N(C)Cc1ccccc1)C(=O)NCc1ccco1. The fourth-order valence-corrected chi connectivity index (χ4v) is 2.29. The number of furan rings is 1. The standard InChI is InChI=1S/C19H24N4O4/c1-14(18(25)20-11-16-9-6-10-27-16)22-19(26)21-12-17(24)23(2)13-15-7-4-3-5-8-15/h3-10,14H,11-13H2,1-2H3,(H,20,25)(H2,21,22,26)/t14-/m0/s1. The summed E-state index contributed by atoms with van der Waals surface area (Å²) in [4.78, 5) is 37.5. The summed E-state index contributed by atoms with van der Waals surface area (Å²) in [6.45, 7) is 2.09. The van der Waals surface area contributed by atoms with Crippen molar-refractivity contribution in [3.8, 4) is 0 Å². The number of benzene rings is 1. The van der Waals surface area contributed by atoms with Gasteiger partial charge in [0.2, 0.25) is 11.8 Å². The minimum atomic E-state index is -0.753. The monoisotopic (exact) mass is 372 g/mol. The minimum absolute atomic E-state index is 0.157. The number of carbonyl (C=O) groups excluding carboxylic acids is 3. The lowest BCUT2D eigenvalue weighted by Gasteiger charge is -2.18. The van der Waals surface area contributed by atoms with Crippen LogP contribution in [0.1, 0.15) is 18.2 Å². The second-order valence-corrected chi connectivity index (χ2v) is 6.08. The first-order valence-electron chi connectivity index (χ1n) is 8.58. The zero-order chi connectivity index (χ0) is 19.6. The summed E-state index contributed by atoms with van der Waals surface area (Å²) < 4.78 is 5.12. The lowest BCUT2D eigenvalue weighted by molar-refractivity contribution is -0.129. The average molecular weight is 372 g/mol. The van der Waals surface area contributed by atoms with Gasteiger partial charge in [0.1, 0.15) is 11.8 Å². The third kappa shape index (κ3) is 6.85. The van der Waals surface area contributed by atoms with Crippen LogP contribution in [0.5, 0.6) is 0 Å². The third-order valence-corrected chi connectivity index (χ3v) is 3.85. The molecule has 8 nitrogen and oxygen atoms in total. The molecule has 3 N–H and O–H groups in total. The lowest BCUT2D eigenvalue weighted by Crippen LogP contribution is -2.50. The van der Waals surface area contributed by atoms with Crippen LogP contribution in [0, 0.1) is 0 Å². The van der Waals surface area contributed by atoms with Crippen molar-refractivity contribution in [2.24, 2.45) is 0 Å². The van der Waals surface area contributed by atoms with Crippen molar-refractivity contribution in [2.75, 3.05) is 13.6 Å². The Morgan fingerprint density at radius 2 is 1.81 bits per heavy atom. The topological polar surface area (TPSA) is 104 Å². The summed E-state index contributed by atoms with van der Waals surface area (Å²) in [6, 6.07) is 11.7. The van der Waals surface area contributed by atoms with E-state index in [1.165, 1.54) is 11.2 Å². The molecule has 8 heteroatoms. The molecule has 1 atom stereocenters. The van der Waals surface area contributed by atoms with Crippen molar-refractivity contribution in [1.29, 1.82) is 0 Å². The molecule has 1 heterocycles. The molecule has 4 amide bonds. The Balaban J connectivity index is 1.68. The van der Waals surface area contributed by atoms with E-state index in [2.05, 4.69) is 16.0 Å². The first-order valence-corrected chi connectivity index (χ1v) is 8.58. The molecular formula is C19H24N4O4. The Labute approximate surface area is 157 Å². The molecule has 27 heavy (non-hydrogen) atoms. The molecule has 0 radical (unpaired) electrons. The van der Waals surface area contributed by atoms with Crippen molar-refractivity contribution in [1.82, 2.24) is 20.9 Å². The van der Waals surface area contributed by atoms with Crippen molar-refractivity contribution >= 4 is 17.8 Å². The van der Waals surface area contributed by atoms with Gasteiger partial charge < -0.3 is 25.3 Å². The molecule has 2 aromatic rings. The number of hydrogen-bond donors (Lipinski definition) is 3. The number of carbonyl (C=O) groups is 3. The van der Waals surface area contributed by atoms with Crippen LogP contribution in [0.2, 0.25) is 0 Å². The number of nitrogens with one attached hydrogen (secondary N) is 3. The summed E-state index contributed by atoms with van der Waals surface area (Å²) in [6.07, 6.45) is 1.52. The number of rotatable bonds is 8. The molecule has 0 fully saturated rings. The zero-order valence-electron chi connectivity index (χ0n) is 15.4. The van der Waals surface area contributed by atoms with E-state index in [-0.39, 0.29) is 24.9 Å². The van der Waals surface area contributed by atoms with E-state index < -0.39 is 12.1 Å². The largest absolute Gasteiger partial charge is 0.467 e. The number of nitrogens with zero attached hydrogens (tertiary/aromatic N) is 1. The van der Waals surface area contributed by atoms with Crippen LogP contribution >= 0.6 is 0 Å². The van der Waals surface area contributed by atoms with Gasteiger partial charge in [0.25, 0.3) is 0 Å². The molecule has 0 unspecified atom stereocenters. The first-order chi connectivity index (χ1) is 13.0. The second-order valence-electron chi connectivity index (χ2n) is 6.08. The minimum Gasteiger partial charge on any atom is -0.467 e. The quantitative estimate of drug-likeness (QED) is 0.649. The highest BCUT2D eigenvalue weighted by Gasteiger charge is 2.17. The van der Waals surface area contributed by atoms with E-state index in [9.17, 15) is 14.4 Å². The van der Waals surface area contributed by atoms with Crippen LogP contribution in [0.25, 0.3) is 0 Å². The summed E-state index contributed by atoms with van der Waals surface area (Å²) in [5.74, 6) is 0.0325. The Morgan fingerprint density at radius 1 is 1.07 bits per heavy atom. The highest BCUT2D eigenvalue weighted by molar-refractivity contribution is 5.88. The number of urea groups is 1. The van der Waals surface area contributed by atoms with Crippen LogP contribution in [0.15, 0.2) is 53.1 Å². The van der Waals surface area contributed by atoms with E-state index in [0.29, 0.717) is 12.3 Å². The van der Waals surface area contributed by atoms with Crippen LogP contribution in [0.3, 0.4) is 0 Å². The maximum Gasteiger partial charge on any atom is 0.315 e. The second kappa shape index (κ2) is 10.0. The van der Waals surface area contributed by atoms with Crippen LogP contribution < -0.4 is 16.0 Å². The van der Waals surface area contributed by atoms with Gasteiger partial charge in [-0.15, -0.1) is 0 Å². The van der Waals surface area contributed by atoms with E-state index in [4.69, 9.17) is 4.42 Å². The van der Waals surface area contributed by atoms with Gasteiger partial charge in [0, 0.05) is 13.6 Å². The molecule has 0 spiro atoms. The zero-order valence-corrected chi connectivity index (χ0v) is 15.4. The fourth-order valence-electron chi connectivity index (χ4n) is 2.29. The van der Waals surface area contributed by atoms with E-state index in [1.807, 2.05) is 30.3 Å². The highest BCUT2D eigenvalue weighted by Crippen LogP contribution is 2.02. The Morgan fingerprint density at radius 3 is 2.48 bits per heavy atom. The van der Waals surface area contributed by atoms with Crippen molar-refractivity contribution in [3.63, 3.8) is 0 Å². The number of hydrogen-bond acceptors (Lipinski definition) is 4. The smallest absolute Gasteiger partial charge is 0.315 e. The number of amides is 4. The van der Waals surface area contributed by atoms with Crippen LogP contribution in [-0.2, 0) is 22.7 Å². The highest BCUT2D eigenvalue weighted by atomic mass is 16.3. The van der Waals surface area contributed by atoms with Gasteiger partial charge in [-0.05, 0) is 24.6 Å². The molecular weight excluding hydrogens is 348 g/mol. The Bertz CT molecular complexity index is 746. The maximum absolute atomic E-state index is 12.1. The molecule has 0 aliphatic heterocycles. The predicted octanol–water partition coefficient (Wildman–Crippen LogP) is 1.24. The van der Waals surface area contributed by atoms with Crippen LogP contribution in [0.4, 0.5) is 4.79 Å². The van der Waals surface area contributed by atoms with Gasteiger partial charge in [-0.25, -0.2) is 4.79 Å². The Kier molecular flexibility index (Phi) is 7.42. The molecule has 144 valence electrons. The molecule has 1 aromatic heterocycles. The van der Waals surface area contributed by atoms with Crippen molar-refractivity contribution in [2.45, 2.75) is 26.1 Å². The first kappa shape index (κ1) is 20.0. The molecule has 0 bridgehead atoms. The van der Waals surface area contributed by atoms with E-state index in [0.717, 1.165) is 5.56 Å².